The van der Waals surface area contributed by atoms with Crippen molar-refractivity contribution in [3.8, 4) is 16.3 Å². The van der Waals surface area contributed by atoms with E-state index in [0.29, 0.717) is 18.8 Å². The van der Waals surface area contributed by atoms with E-state index >= 15 is 0 Å². The van der Waals surface area contributed by atoms with Gasteiger partial charge in [-0.05, 0) is 41.3 Å². The Hall–Kier alpha value is -3.45. The Morgan fingerprint density at radius 3 is 2.75 bits per heavy atom. The largest absolute Gasteiger partial charge is 0.489 e. The molecule has 0 aliphatic rings. The Balaban J connectivity index is 1.29. The minimum atomic E-state index is -0.212. The standard InChI is InChI=1S/C21H18N4O2S/c26-21(19-11-18(24-25-19)20-4-2-10-28-20)23-13-15-5-7-17(8-6-15)27-14-16-3-1-9-22-12-16/h1-12H,13-14H2,(H,23,26)(H,24,25). The Bertz CT molecular complexity index is 1030. The van der Waals surface area contributed by atoms with Gasteiger partial charge in [0.2, 0.25) is 0 Å². The molecule has 3 aromatic heterocycles. The first kappa shape index (κ1) is 17.9. The number of carbonyl (C=O) groups excluding carboxylic acids is 1. The van der Waals surface area contributed by atoms with Gasteiger partial charge in [-0.15, -0.1) is 11.3 Å². The van der Waals surface area contributed by atoms with Crippen LogP contribution in [-0.4, -0.2) is 21.1 Å². The van der Waals surface area contributed by atoms with Gasteiger partial charge in [0, 0.05) is 24.5 Å². The van der Waals surface area contributed by atoms with Crippen molar-refractivity contribution in [3.05, 3.63) is 89.2 Å². The number of nitrogens with zero attached hydrogens (tertiary/aromatic N) is 2. The van der Waals surface area contributed by atoms with E-state index < -0.39 is 0 Å². The monoisotopic (exact) mass is 390 g/mol. The van der Waals surface area contributed by atoms with Gasteiger partial charge in [-0.1, -0.05) is 24.3 Å². The first-order chi connectivity index (χ1) is 13.8. The fourth-order valence-electron chi connectivity index (χ4n) is 2.62. The summed E-state index contributed by atoms with van der Waals surface area (Å²) in [5.41, 5.74) is 3.21. The van der Waals surface area contributed by atoms with E-state index in [-0.39, 0.29) is 5.91 Å². The summed E-state index contributed by atoms with van der Waals surface area (Å²) in [5, 5.41) is 11.9. The molecule has 0 aliphatic heterocycles. The summed E-state index contributed by atoms with van der Waals surface area (Å²) in [7, 11) is 0. The molecule has 1 aromatic carbocycles. The zero-order valence-corrected chi connectivity index (χ0v) is 15.8. The molecule has 0 radical (unpaired) electrons. The molecule has 140 valence electrons. The second-order valence-corrected chi connectivity index (χ2v) is 7.07. The SMILES string of the molecule is O=C(NCc1ccc(OCc2cccnc2)cc1)c1cc(-c2cccs2)[nH]n1. The molecule has 0 saturated carbocycles. The number of hydrogen-bond acceptors (Lipinski definition) is 5. The van der Waals surface area contributed by atoms with E-state index in [4.69, 9.17) is 4.74 Å². The molecular weight excluding hydrogens is 372 g/mol. The third-order valence-electron chi connectivity index (χ3n) is 4.10. The van der Waals surface area contributed by atoms with Gasteiger partial charge in [0.15, 0.2) is 5.69 Å². The predicted octanol–water partition coefficient (Wildman–Crippen LogP) is 4.04. The van der Waals surface area contributed by atoms with Crippen LogP contribution in [0.3, 0.4) is 0 Å². The maximum absolute atomic E-state index is 12.3. The number of carbonyl (C=O) groups is 1. The second kappa shape index (κ2) is 8.49. The Morgan fingerprint density at radius 2 is 2.00 bits per heavy atom. The molecule has 6 nitrogen and oxygen atoms in total. The first-order valence-corrected chi connectivity index (χ1v) is 9.64. The van der Waals surface area contributed by atoms with Crippen LogP contribution in [0, 0.1) is 0 Å². The van der Waals surface area contributed by atoms with E-state index in [2.05, 4.69) is 20.5 Å². The van der Waals surface area contributed by atoms with Crippen molar-refractivity contribution in [2.45, 2.75) is 13.2 Å². The van der Waals surface area contributed by atoms with Crippen molar-refractivity contribution in [1.82, 2.24) is 20.5 Å². The molecule has 4 rings (SSSR count). The number of benzene rings is 1. The first-order valence-electron chi connectivity index (χ1n) is 8.76. The average molecular weight is 390 g/mol. The molecule has 2 N–H and O–H groups in total. The Labute approximate surface area is 166 Å². The Morgan fingerprint density at radius 1 is 1.11 bits per heavy atom. The number of aromatic nitrogens is 3. The van der Waals surface area contributed by atoms with Crippen LogP contribution in [0.2, 0.25) is 0 Å². The maximum atomic E-state index is 12.3. The molecule has 4 aromatic rings. The van der Waals surface area contributed by atoms with Crippen molar-refractivity contribution in [2.75, 3.05) is 0 Å². The van der Waals surface area contributed by atoms with Crippen molar-refractivity contribution in [3.63, 3.8) is 0 Å². The molecule has 0 unspecified atom stereocenters. The summed E-state index contributed by atoms with van der Waals surface area (Å²) < 4.78 is 5.74. The normalized spacial score (nSPS) is 10.6. The summed E-state index contributed by atoms with van der Waals surface area (Å²) in [6.07, 6.45) is 3.52. The number of thiophene rings is 1. The number of aromatic amines is 1. The van der Waals surface area contributed by atoms with Crippen molar-refractivity contribution in [1.29, 1.82) is 0 Å². The number of pyridine rings is 1. The van der Waals surface area contributed by atoms with Gasteiger partial charge in [0.05, 0.1) is 10.6 Å². The predicted molar refractivity (Wildman–Crippen MR) is 108 cm³/mol. The molecule has 7 heteroatoms. The van der Waals surface area contributed by atoms with Gasteiger partial charge >= 0.3 is 0 Å². The molecule has 0 saturated heterocycles. The van der Waals surface area contributed by atoms with Gasteiger partial charge in [-0.3, -0.25) is 14.9 Å². The van der Waals surface area contributed by atoms with Gasteiger partial charge in [-0.25, -0.2) is 0 Å². The average Bonchev–Trinajstić information content (AvgIpc) is 3.44. The quantitative estimate of drug-likeness (QED) is 0.499. The van der Waals surface area contributed by atoms with Crippen molar-refractivity contribution >= 4 is 17.2 Å². The zero-order chi connectivity index (χ0) is 19.2. The Kier molecular flexibility index (Phi) is 5.44. The van der Waals surface area contributed by atoms with Crippen LogP contribution in [0.25, 0.3) is 10.6 Å². The number of H-pyrrole nitrogens is 1. The van der Waals surface area contributed by atoms with Gasteiger partial charge < -0.3 is 10.1 Å². The molecule has 28 heavy (non-hydrogen) atoms. The summed E-state index contributed by atoms with van der Waals surface area (Å²) in [5.74, 6) is 0.558. The van der Waals surface area contributed by atoms with E-state index in [1.807, 2.05) is 53.9 Å². The highest BCUT2D eigenvalue weighted by Crippen LogP contribution is 2.23. The van der Waals surface area contributed by atoms with Crippen LogP contribution in [0.5, 0.6) is 5.75 Å². The van der Waals surface area contributed by atoms with E-state index in [1.165, 1.54) is 0 Å². The highest BCUT2D eigenvalue weighted by molar-refractivity contribution is 7.13. The van der Waals surface area contributed by atoms with E-state index in [1.54, 1.807) is 29.8 Å². The molecule has 1 amide bonds. The lowest BCUT2D eigenvalue weighted by Crippen LogP contribution is -2.23. The molecule has 0 spiro atoms. The number of hydrogen-bond donors (Lipinski definition) is 2. The zero-order valence-electron chi connectivity index (χ0n) is 15.0. The van der Waals surface area contributed by atoms with Crippen molar-refractivity contribution in [2.24, 2.45) is 0 Å². The molecule has 3 heterocycles. The lowest BCUT2D eigenvalue weighted by Gasteiger charge is -2.08. The lowest BCUT2D eigenvalue weighted by atomic mass is 10.2. The van der Waals surface area contributed by atoms with Crippen LogP contribution in [-0.2, 0) is 13.2 Å². The van der Waals surface area contributed by atoms with E-state index in [9.17, 15) is 4.79 Å². The topological polar surface area (TPSA) is 79.9 Å². The number of amides is 1. The fourth-order valence-corrected chi connectivity index (χ4v) is 3.32. The summed E-state index contributed by atoms with van der Waals surface area (Å²) in [6.45, 7) is 0.887. The molecular formula is C21H18N4O2S. The van der Waals surface area contributed by atoms with Crippen LogP contribution >= 0.6 is 11.3 Å². The minimum absolute atomic E-state index is 0.212. The minimum Gasteiger partial charge on any atom is -0.489 e. The lowest BCUT2D eigenvalue weighted by molar-refractivity contribution is 0.0946. The number of nitrogens with one attached hydrogen (secondary N) is 2. The highest BCUT2D eigenvalue weighted by atomic mass is 32.1. The molecule has 0 aliphatic carbocycles. The third-order valence-corrected chi connectivity index (χ3v) is 5.00. The van der Waals surface area contributed by atoms with Gasteiger partial charge in [0.1, 0.15) is 12.4 Å². The van der Waals surface area contributed by atoms with Gasteiger partial charge in [-0.2, -0.15) is 5.10 Å². The smallest absolute Gasteiger partial charge is 0.272 e. The van der Waals surface area contributed by atoms with Crippen LogP contribution in [0.1, 0.15) is 21.6 Å². The maximum Gasteiger partial charge on any atom is 0.272 e. The van der Waals surface area contributed by atoms with Crippen LogP contribution in [0.15, 0.2) is 72.4 Å². The van der Waals surface area contributed by atoms with Crippen LogP contribution < -0.4 is 10.1 Å². The molecule has 0 atom stereocenters. The van der Waals surface area contributed by atoms with Crippen LogP contribution in [0.4, 0.5) is 0 Å². The number of ether oxygens (including phenoxy) is 1. The number of rotatable bonds is 7. The molecule has 0 fully saturated rings. The molecule has 0 bridgehead atoms. The second-order valence-electron chi connectivity index (χ2n) is 6.12. The third kappa shape index (κ3) is 4.44. The summed E-state index contributed by atoms with van der Waals surface area (Å²) in [4.78, 5) is 17.4. The van der Waals surface area contributed by atoms with Crippen molar-refractivity contribution < 1.29 is 9.53 Å². The van der Waals surface area contributed by atoms with Gasteiger partial charge in [0.25, 0.3) is 5.91 Å². The summed E-state index contributed by atoms with van der Waals surface area (Å²) >= 11 is 1.60. The summed E-state index contributed by atoms with van der Waals surface area (Å²) in [6, 6.07) is 17.2. The van der Waals surface area contributed by atoms with E-state index in [0.717, 1.165) is 27.4 Å². The fraction of sp³-hybridized carbons (Fsp3) is 0.0952. The highest BCUT2D eigenvalue weighted by Gasteiger charge is 2.11.